The first-order valence-electron chi connectivity index (χ1n) is 8.66. The lowest BCUT2D eigenvalue weighted by molar-refractivity contribution is 0.660. The highest BCUT2D eigenvalue weighted by molar-refractivity contribution is 7.10. The second kappa shape index (κ2) is 8.16. The fraction of sp³-hybridized carbons (Fsp3) is 0.368. The molecule has 0 spiro atoms. The number of hydrogen-bond donors (Lipinski definition) is 2. The maximum Gasteiger partial charge on any atom is 0.191 e. The van der Waals surface area contributed by atoms with Gasteiger partial charge in [0.1, 0.15) is 5.82 Å². The Labute approximate surface area is 152 Å². The van der Waals surface area contributed by atoms with Crippen LogP contribution in [0.25, 0.3) is 11.0 Å². The minimum atomic E-state index is 0.714. The first-order chi connectivity index (χ1) is 12.2. The Bertz CT molecular complexity index is 862. The van der Waals surface area contributed by atoms with E-state index >= 15 is 0 Å². The summed E-state index contributed by atoms with van der Waals surface area (Å²) in [5, 5.41) is 8.86. The second-order valence-electron chi connectivity index (χ2n) is 5.95. The lowest BCUT2D eigenvalue weighted by atomic mass is 10.3. The highest BCUT2D eigenvalue weighted by Gasteiger charge is 2.06. The third-order valence-electron chi connectivity index (χ3n) is 4.17. The molecule has 0 aliphatic heterocycles. The summed E-state index contributed by atoms with van der Waals surface area (Å²) in [6.45, 7) is 9.49. The molecule has 6 heteroatoms. The van der Waals surface area contributed by atoms with Gasteiger partial charge in [0.05, 0.1) is 17.6 Å². The zero-order valence-corrected chi connectivity index (χ0v) is 15.9. The Kier molecular flexibility index (Phi) is 5.71. The van der Waals surface area contributed by atoms with Crippen molar-refractivity contribution < 1.29 is 0 Å². The van der Waals surface area contributed by atoms with Crippen molar-refractivity contribution in [2.75, 3.05) is 13.1 Å². The van der Waals surface area contributed by atoms with Gasteiger partial charge < -0.3 is 15.2 Å². The number of aliphatic imine (C=N–C) groups is 1. The number of nitrogens with zero attached hydrogens (tertiary/aromatic N) is 3. The third-order valence-corrected chi connectivity index (χ3v) is 5.17. The van der Waals surface area contributed by atoms with Crippen molar-refractivity contribution in [1.29, 1.82) is 0 Å². The standard InChI is InChI=1S/C19H25N5S/c1-4-20-19(22-13-18-14(2)9-12-25-18)21-10-11-24-15(3)23-16-7-5-6-8-17(16)24/h5-9,12H,4,10-11,13H2,1-3H3,(H2,20,21,22). The summed E-state index contributed by atoms with van der Waals surface area (Å²) in [4.78, 5) is 10.6. The number of imidazole rings is 1. The molecule has 0 aliphatic carbocycles. The summed E-state index contributed by atoms with van der Waals surface area (Å²) in [5.74, 6) is 1.90. The first kappa shape index (κ1) is 17.5. The highest BCUT2D eigenvalue weighted by Crippen LogP contribution is 2.16. The van der Waals surface area contributed by atoms with Gasteiger partial charge >= 0.3 is 0 Å². The molecule has 132 valence electrons. The Hall–Kier alpha value is -2.34. The average Bonchev–Trinajstić information content (AvgIpc) is 3.15. The number of rotatable bonds is 6. The molecule has 2 aromatic heterocycles. The number of aromatic nitrogens is 2. The average molecular weight is 356 g/mol. The number of thiophene rings is 1. The zero-order chi connectivity index (χ0) is 17.6. The molecule has 0 radical (unpaired) electrons. The Morgan fingerprint density at radius 3 is 2.80 bits per heavy atom. The number of guanidine groups is 1. The van der Waals surface area contributed by atoms with E-state index in [2.05, 4.69) is 70.6 Å². The van der Waals surface area contributed by atoms with Gasteiger partial charge in [-0.1, -0.05) is 12.1 Å². The molecule has 0 aliphatic rings. The Morgan fingerprint density at radius 2 is 2.04 bits per heavy atom. The summed E-state index contributed by atoms with van der Waals surface area (Å²) in [6, 6.07) is 10.4. The summed E-state index contributed by atoms with van der Waals surface area (Å²) in [5.41, 5.74) is 3.54. The van der Waals surface area contributed by atoms with E-state index in [0.29, 0.717) is 6.54 Å². The molecule has 3 rings (SSSR count). The predicted molar refractivity (Wildman–Crippen MR) is 106 cm³/mol. The number of nitrogens with one attached hydrogen (secondary N) is 2. The van der Waals surface area contributed by atoms with Gasteiger partial charge in [0, 0.05) is 24.5 Å². The van der Waals surface area contributed by atoms with E-state index in [1.807, 2.05) is 6.07 Å². The van der Waals surface area contributed by atoms with E-state index < -0.39 is 0 Å². The molecule has 0 atom stereocenters. The van der Waals surface area contributed by atoms with E-state index in [1.54, 1.807) is 11.3 Å². The minimum Gasteiger partial charge on any atom is -0.357 e. The van der Waals surface area contributed by atoms with E-state index in [0.717, 1.165) is 36.9 Å². The van der Waals surface area contributed by atoms with Crippen LogP contribution in [0.4, 0.5) is 0 Å². The highest BCUT2D eigenvalue weighted by atomic mass is 32.1. The van der Waals surface area contributed by atoms with Crippen LogP contribution in [0.5, 0.6) is 0 Å². The van der Waals surface area contributed by atoms with E-state index in [9.17, 15) is 0 Å². The van der Waals surface area contributed by atoms with Crippen LogP contribution < -0.4 is 10.6 Å². The van der Waals surface area contributed by atoms with Gasteiger partial charge in [-0.3, -0.25) is 0 Å². The van der Waals surface area contributed by atoms with Gasteiger partial charge in [-0.2, -0.15) is 0 Å². The van der Waals surface area contributed by atoms with Crippen molar-refractivity contribution in [2.24, 2.45) is 4.99 Å². The van der Waals surface area contributed by atoms with Crippen LogP contribution in [0, 0.1) is 13.8 Å². The molecule has 0 amide bonds. The van der Waals surface area contributed by atoms with E-state index in [4.69, 9.17) is 4.99 Å². The van der Waals surface area contributed by atoms with Crippen LogP contribution in [0.1, 0.15) is 23.2 Å². The number of fused-ring (bicyclic) bond motifs is 1. The molecule has 0 saturated heterocycles. The zero-order valence-electron chi connectivity index (χ0n) is 15.0. The quantitative estimate of drug-likeness (QED) is 0.526. The van der Waals surface area contributed by atoms with Crippen LogP contribution in [0.3, 0.4) is 0 Å². The van der Waals surface area contributed by atoms with Crippen molar-refractivity contribution >= 4 is 28.3 Å². The van der Waals surface area contributed by atoms with Crippen molar-refractivity contribution in [1.82, 2.24) is 20.2 Å². The van der Waals surface area contributed by atoms with Crippen LogP contribution in [-0.2, 0) is 13.1 Å². The van der Waals surface area contributed by atoms with Crippen LogP contribution >= 0.6 is 11.3 Å². The molecule has 5 nitrogen and oxygen atoms in total. The molecule has 0 saturated carbocycles. The molecule has 25 heavy (non-hydrogen) atoms. The van der Waals surface area contributed by atoms with Crippen LogP contribution in [0.15, 0.2) is 40.7 Å². The normalized spacial score (nSPS) is 11.9. The molecule has 0 bridgehead atoms. The van der Waals surface area contributed by atoms with Crippen molar-refractivity contribution in [3.8, 4) is 0 Å². The van der Waals surface area contributed by atoms with Gasteiger partial charge in [-0.05, 0) is 49.9 Å². The number of hydrogen-bond acceptors (Lipinski definition) is 3. The monoisotopic (exact) mass is 355 g/mol. The molecule has 0 fully saturated rings. The molecule has 1 aromatic carbocycles. The van der Waals surface area contributed by atoms with E-state index in [1.165, 1.54) is 16.0 Å². The number of aryl methyl sites for hydroxylation is 2. The molecular formula is C19H25N5S. The largest absolute Gasteiger partial charge is 0.357 e. The summed E-state index contributed by atoms with van der Waals surface area (Å²) < 4.78 is 2.25. The summed E-state index contributed by atoms with van der Waals surface area (Å²) in [7, 11) is 0. The molecule has 2 N–H and O–H groups in total. The topological polar surface area (TPSA) is 54.2 Å². The molecule has 0 unspecified atom stereocenters. The van der Waals surface area contributed by atoms with Gasteiger partial charge in [-0.25, -0.2) is 9.98 Å². The second-order valence-corrected chi connectivity index (χ2v) is 6.95. The van der Waals surface area contributed by atoms with Crippen LogP contribution in [-0.4, -0.2) is 28.6 Å². The Balaban J connectivity index is 1.63. The summed E-state index contributed by atoms with van der Waals surface area (Å²) >= 11 is 1.76. The molecule has 3 aromatic rings. The number of para-hydroxylation sites is 2. The smallest absolute Gasteiger partial charge is 0.191 e. The summed E-state index contributed by atoms with van der Waals surface area (Å²) in [6.07, 6.45) is 0. The Morgan fingerprint density at radius 1 is 1.20 bits per heavy atom. The maximum absolute atomic E-state index is 4.70. The van der Waals surface area contributed by atoms with Crippen LogP contribution in [0.2, 0.25) is 0 Å². The fourth-order valence-corrected chi connectivity index (χ4v) is 3.65. The first-order valence-corrected chi connectivity index (χ1v) is 9.54. The van der Waals surface area contributed by atoms with Crippen molar-refractivity contribution in [2.45, 2.75) is 33.9 Å². The van der Waals surface area contributed by atoms with Crippen molar-refractivity contribution in [3.63, 3.8) is 0 Å². The SMILES string of the molecule is CCNC(=NCc1sccc1C)NCCn1c(C)nc2ccccc21. The van der Waals surface area contributed by atoms with Crippen molar-refractivity contribution in [3.05, 3.63) is 52.0 Å². The van der Waals surface area contributed by atoms with Gasteiger partial charge in [0.25, 0.3) is 0 Å². The third kappa shape index (κ3) is 4.20. The lowest BCUT2D eigenvalue weighted by Gasteiger charge is -2.13. The minimum absolute atomic E-state index is 0.714. The van der Waals surface area contributed by atoms with Gasteiger partial charge in [-0.15, -0.1) is 11.3 Å². The molecular weight excluding hydrogens is 330 g/mol. The number of benzene rings is 1. The van der Waals surface area contributed by atoms with Gasteiger partial charge in [0.2, 0.25) is 0 Å². The van der Waals surface area contributed by atoms with E-state index in [-0.39, 0.29) is 0 Å². The predicted octanol–water partition coefficient (Wildman–Crippen LogP) is 3.47. The maximum atomic E-state index is 4.70. The van der Waals surface area contributed by atoms with Gasteiger partial charge in [0.15, 0.2) is 5.96 Å². The molecule has 2 heterocycles. The lowest BCUT2D eigenvalue weighted by Crippen LogP contribution is -2.38. The fourth-order valence-electron chi connectivity index (χ4n) is 2.82.